The molecule has 1 saturated carbocycles. The Labute approximate surface area is 209 Å². The van der Waals surface area contributed by atoms with Crippen molar-refractivity contribution in [2.45, 2.75) is 38.6 Å². The van der Waals surface area contributed by atoms with Gasteiger partial charge in [0.25, 0.3) is 5.56 Å². The summed E-state index contributed by atoms with van der Waals surface area (Å²) >= 11 is 6.44. The largest absolute Gasteiger partial charge is 0.371 e. The standard InChI is InChI=1S/C26H30ClN7O/c1-17-6-7-22(20-12-29-32(3)25(35)24(17)20)31(2)19-10-26(11-19)14-33(15-26)8-4-5-18-9-23-30-28-16-34(23)13-21(18)27/h6-7,9,12-13,16,19H,4-5,8,10-11,14-15H2,1-3H3. The number of halogens is 1. The van der Waals surface area contributed by atoms with Crippen LogP contribution in [0.15, 0.2) is 41.7 Å². The Morgan fingerprint density at radius 3 is 2.86 bits per heavy atom. The minimum atomic E-state index is -0.0300. The van der Waals surface area contributed by atoms with Crippen LogP contribution in [0.25, 0.3) is 16.4 Å². The van der Waals surface area contributed by atoms with Crippen LogP contribution in [0, 0.1) is 12.3 Å². The van der Waals surface area contributed by atoms with Gasteiger partial charge in [0.05, 0.1) is 16.6 Å². The maximum atomic E-state index is 12.7. The molecule has 2 fully saturated rings. The molecule has 1 spiro atoms. The van der Waals surface area contributed by atoms with Gasteiger partial charge in [0.1, 0.15) is 6.33 Å². The number of likely N-dealkylation sites (tertiary alicyclic amines) is 1. The highest BCUT2D eigenvalue weighted by Gasteiger charge is 2.53. The highest BCUT2D eigenvalue weighted by atomic mass is 35.5. The van der Waals surface area contributed by atoms with Crippen molar-refractivity contribution in [3.63, 3.8) is 0 Å². The summed E-state index contributed by atoms with van der Waals surface area (Å²) in [5, 5.41) is 14.8. The van der Waals surface area contributed by atoms with E-state index in [9.17, 15) is 4.79 Å². The fraction of sp³-hybridized carbons (Fsp3) is 0.462. The van der Waals surface area contributed by atoms with Gasteiger partial charge in [-0.1, -0.05) is 17.7 Å². The van der Waals surface area contributed by atoms with Crippen LogP contribution in [0.1, 0.15) is 30.4 Å². The molecule has 4 heterocycles. The highest BCUT2D eigenvalue weighted by Crippen LogP contribution is 2.51. The molecule has 8 nitrogen and oxygen atoms in total. The summed E-state index contributed by atoms with van der Waals surface area (Å²) in [5.74, 6) is 0. The molecule has 3 aromatic heterocycles. The van der Waals surface area contributed by atoms with Crippen LogP contribution in [-0.4, -0.2) is 62.0 Å². The molecule has 0 bridgehead atoms. The van der Waals surface area contributed by atoms with Crippen LogP contribution >= 0.6 is 11.6 Å². The van der Waals surface area contributed by atoms with E-state index in [0.717, 1.165) is 57.6 Å². The minimum Gasteiger partial charge on any atom is -0.371 e. The number of rotatable bonds is 6. The Hall–Kier alpha value is -2.97. The SMILES string of the molecule is Cc1ccc(N(C)C2CC3(C2)CN(CCCc2cc4nncn4cc2Cl)C3)c2cnn(C)c(=O)c12. The summed E-state index contributed by atoms with van der Waals surface area (Å²) in [7, 11) is 3.87. The molecular weight excluding hydrogens is 462 g/mol. The van der Waals surface area contributed by atoms with Crippen molar-refractivity contribution < 1.29 is 0 Å². The number of benzene rings is 1. The van der Waals surface area contributed by atoms with Crippen molar-refractivity contribution in [3.05, 3.63) is 63.4 Å². The van der Waals surface area contributed by atoms with Gasteiger partial charge in [-0.2, -0.15) is 5.10 Å². The van der Waals surface area contributed by atoms with Crippen LogP contribution in [0.2, 0.25) is 5.02 Å². The Kier molecular flexibility index (Phi) is 5.34. The molecule has 2 aliphatic rings. The van der Waals surface area contributed by atoms with Gasteiger partial charge in [-0.05, 0) is 67.8 Å². The van der Waals surface area contributed by atoms with Gasteiger partial charge in [-0.3, -0.25) is 9.20 Å². The third-order valence-corrected chi connectivity index (χ3v) is 8.41. The van der Waals surface area contributed by atoms with Gasteiger partial charge in [0.15, 0.2) is 5.65 Å². The summed E-state index contributed by atoms with van der Waals surface area (Å²) in [6, 6.07) is 6.74. The van der Waals surface area contributed by atoms with E-state index >= 15 is 0 Å². The summed E-state index contributed by atoms with van der Waals surface area (Å²) in [6.45, 7) is 5.43. The van der Waals surface area contributed by atoms with Gasteiger partial charge in [-0.25, -0.2) is 4.68 Å². The monoisotopic (exact) mass is 491 g/mol. The zero-order valence-electron chi connectivity index (χ0n) is 20.4. The van der Waals surface area contributed by atoms with Gasteiger partial charge >= 0.3 is 0 Å². The zero-order valence-corrected chi connectivity index (χ0v) is 21.2. The molecule has 182 valence electrons. The van der Waals surface area contributed by atoms with Gasteiger partial charge in [0, 0.05) is 50.5 Å². The smallest absolute Gasteiger partial charge is 0.274 e. The van der Waals surface area contributed by atoms with E-state index in [1.807, 2.05) is 29.8 Å². The predicted molar refractivity (Wildman–Crippen MR) is 138 cm³/mol. The normalized spacial score (nSPS) is 17.7. The molecule has 4 aromatic rings. The van der Waals surface area contributed by atoms with Gasteiger partial charge < -0.3 is 9.80 Å². The minimum absolute atomic E-state index is 0.0300. The van der Waals surface area contributed by atoms with E-state index in [-0.39, 0.29) is 5.56 Å². The topological polar surface area (TPSA) is 71.6 Å². The second-order valence-electron chi connectivity index (χ2n) is 10.5. The van der Waals surface area contributed by atoms with Crippen molar-refractivity contribution in [1.29, 1.82) is 0 Å². The number of hydrogen-bond donors (Lipinski definition) is 0. The molecule has 6 rings (SSSR count). The van der Waals surface area contributed by atoms with Crippen molar-refractivity contribution in [2.75, 3.05) is 31.6 Å². The second-order valence-corrected chi connectivity index (χ2v) is 10.9. The molecule has 1 saturated heterocycles. The first kappa shape index (κ1) is 22.5. The van der Waals surface area contributed by atoms with E-state index in [0.29, 0.717) is 11.5 Å². The molecule has 0 unspecified atom stereocenters. The van der Waals surface area contributed by atoms with E-state index in [1.54, 1.807) is 13.4 Å². The molecule has 35 heavy (non-hydrogen) atoms. The lowest BCUT2D eigenvalue weighted by atomic mass is 9.60. The number of aryl methyl sites for hydroxylation is 3. The Bertz CT molecular complexity index is 1480. The van der Waals surface area contributed by atoms with Crippen LogP contribution in [0.3, 0.4) is 0 Å². The van der Waals surface area contributed by atoms with E-state index in [1.165, 1.54) is 30.6 Å². The summed E-state index contributed by atoms with van der Waals surface area (Å²) in [6.07, 6.45) is 9.83. The maximum Gasteiger partial charge on any atom is 0.274 e. The Balaban J connectivity index is 1.04. The first-order valence-electron chi connectivity index (χ1n) is 12.2. The molecule has 1 aliphatic heterocycles. The van der Waals surface area contributed by atoms with Crippen LogP contribution in [0.5, 0.6) is 0 Å². The van der Waals surface area contributed by atoms with Crippen LogP contribution in [0.4, 0.5) is 5.69 Å². The Morgan fingerprint density at radius 2 is 2.06 bits per heavy atom. The lowest BCUT2D eigenvalue weighted by Crippen LogP contribution is -2.66. The quantitative estimate of drug-likeness (QED) is 0.411. The predicted octanol–water partition coefficient (Wildman–Crippen LogP) is 3.47. The Morgan fingerprint density at radius 1 is 1.26 bits per heavy atom. The molecule has 0 radical (unpaired) electrons. The van der Waals surface area contributed by atoms with Crippen molar-refractivity contribution >= 4 is 33.7 Å². The molecule has 0 amide bonds. The van der Waals surface area contributed by atoms with Crippen LogP contribution in [-0.2, 0) is 13.5 Å². The van der Waals surface area contributed by atoms with Gasteiger partial charge in [-0.15, -0.1) is 10.2 Å². The fourth-order valence-electron chi connectivity index (χ4n) is 6.10. The van der Waals surface area contributed by atoms with E-state index in [2.05, 4.69) is 44.3 Å². The molecule has 1 aromatic carbocycles. The number of nitrogens with zero attached hydrogens (tertiary/aromatic N) is 7. The maximum absolute atomic E-state index is 12.7. The molecule has 1 aliphatic carbocycles. The zero-order chi connectivity index (χ0) is 24.3. The first-order chi connectivity index (χ1) is 16.8. The number of pyridine rings is 1. The van der Waals surface area contributed by atoms with E-state index in [4.69, 9.17) is 11.6 Å². The lowest BCUT2D eigenvalue weighted by molar-refractivity contribution is -0.0714. The summed E-state index contributed by atoms with van der Waals surface area (Å²) < 4.78 is 3.27. The third-order valence-electron chi connectivity index (χ3n) is 8.07. The third kappa shape index (κ3) is 3.79. The van der Waals surface area contributed by atoms with Crippen molar-refractivity contribution in [2.24, 2.45) is 12.5 Å². The van der Waals surface area contributed by atoms with Crippen LogP contribution < -0.4 is 10.5 Å². The average Bonchev–Trinajstić information content (AvgIpc) is 3.23. The molecular formula is C26H30ClN7O. The van der Waals surface area contributed by atoms with Crippen molar-refractivity contribution in [3.8, 4) is 0 Å². The number of anilines is 1. The number of hydrogen-bond acceptors (Lipinski definition) is 6. The lowest BCUT2D eigenvalue weighted by Gasteiger charge is -2.61. The second kappa shape index (κ2) is 8.31. The first-order valence-corrected chi connectivity index (χ1v) is 12.6. The van der Waals surface area contributed by atoms with E-state index < -0.39 is 0 Å². The molecule has 0 N–H and O–H groups in total. The number of fused-ring (bicyclic) bond motifs is 2. The molecule has 9 heteroatoms. The van der Waals surface area contributed by atoms with Gasteiger partial charge in [0.2, 0.25) is 0 Å². The summed E-state index contributed by atoms with van der Waals surface area (Å²) in [4.78, 5) is 17.6. The number of aromatic nitrogens is 5. The van der Waals surface area contributed by atoms with Crippen molar-refractivity contribution in [1.82, 2.24) is 29.3 Å². The highest BCUT2D eigenvalue weighted by molar-refractivity contribution is 6.31. The average molecular weight is 492 g/mol. The fourth-order valence-corrected chi connectivity index (χ4v) is 6.35. The molecule has 0 atom stereocenters. The summed E-state index contributed by atoms with van der Waals surface area (Å²) in [5.41, 5.74) is 4.51.